The lowest BCUT2D eigenvalue weighted by molar-refractivity contribution is 0.834. The van der Waals surface area contributed by atoms with Gasteiger partial charge in [0, 0.05) is 6.20 Å². The number of hydrogen-bond acceptors (Lipinski definition) is 2. The number of para-hydroxylation sites is 1. The number of aromatic nitrogens is 1. The molecule has 2 rings (SSSR count). The number of pyridine rings is 1. The fourth-order valence-electron chi connectivity index (χ4n) is 2.44. The second-order valence-corrected chi connectivity index (χ2v) is 6.01. The van der Waals surface area contributed by atoms with Gasteiger partial charge < -0.3 is 0 Å². The number of aliphatic imine (C=N–C) groups is 1. The van der Waals surface area contributed by atoms with Crippen LogP contribution in [-0.2, 0) is 0 Å². The van der Waals surface area contributed by atoms with Gasteiger partial charge in [-0.3, -0.25) is 9.98 Å². The van der Waals surface area contributed by atoms with Crippen molar-refractivity contribution in [1.82, 2.24) is 4.98 Å². The molecule has 2 heteroatoms. The molecular formula is C19H24N2. The van der Waals surface area contributed by atoms with E-state index in [4.69, 9.17) is 4.99 Å². The predicted octanol–water partition coefficient (Wildman–Crippen LogP) is 5.47. The van der Waals surface area contributed by atoms with Crippen molar-refractivity contribution in [1.29, 1.82) is 0 Å². The van der Waals surface area contributed by atoms with Gasteiger partial charge in [-0.1, -0.05) is 52.0 Å². The molecule has 0 saturated carbocycles. The average molecular weight is 280 g/mol. The fourth-order valence-corrected chi connectivity index (χ4v) is 2.44. The van der Waals surface area contributed by atoms with Crippen LogP contribution in [0.3, 0.4) is 0 Å². The third-order valence-electron chi connectivity index (χ3n) is 3.66. The summed E-state index contributed by atoms with van der Waals surface area (Å²) in [6.45, 7) is 10.9. The zero-order chi connectivity index (χ0) is 15.4. The lowest BCUT2D eigenvalue weighted by atomic mass is 9.93. The van der Waals surface area contributed by atoms with Crippen LogP contribution < -0.4 is 0 Å². The maximum Gasteiger partial charge on any atom is 0.0841 e. The molecular weight excluding hydrogens is 256 g/mol. The quantitative estimate of drug-likeness (QED) is 0.682. The van der Waals surface area contributed by atoms with Crippen molar-refractivity contribution in [3.63, 3.8) is 0 Å². The van der Waals surface area contributed by atoms with Crippen LogP contribution in [0.15, 0.2) is 47.6 Å². The Kier molecular flexibility index (Phi) is 4.89. The molecule has 0 unspecified atom stereocenters. The Morgan fingerprint density at radius 1 is 0.905 bits per heavy atom. The van der Waals surface area contributed by atoms with Crippen LogP contribution in [0.2, 0.25) is 0 Å². The first kappa shape index (κ1) is 15.4. The van der Waals surface area contributed by atoms with Gasteiger partial charge in [0.15, 0.2) is 0 Å². The van der Waals surface area contributed by atoms with E-state index in [1.807, 2.05) is 31.3 Å². The molecule has 0 aliphatic rings. The van der Waals surface area contributed by atoms with Crippen molar-refractivity contribution in [2.24, 2.45) is 4.99 Å². The minimum absolute atomic E-state index is 0.457. The van der Waals surface area contributed by atoms with Gasteiger partial charge in [-0.2, -0.15) is 0 Å². The fraction of sp³-hybridized carbons (Fsp3) is 0.368. The monoisotopic (exact) mass is 280 g/mol. The van der Waals surface area contributed by atoms with E-state index in [0.717, 1.165) is 17.1 Å². The van der Waals surface area contributed by atoms with E-state index in [0.29, 0.717) is 11.8 Å². The van der Waals surface area contributed by atoms with Crippen molar-refractivity contribution in [2.75, 3.05) is 0 Å². The smallest absolute Gasteiger partial charge is 0.0841 e. The van der Waals surface area contributed by atoms with Crippen molar-refractivity contribution in [2.45, 2.75) is 46.5 Å². The Bertz CT molecular complexity index is 599. The summed E-state index contributed by atoms with van der Waals surface area (Å²) in [5.74, 6) is 0.915. The van der Waals surface area contributed by atoms with Gasteiger partial charge in [0.25, 0.3) is 0 Å². The molecule has 1 aromatic heterocycles. The third kappa shape index (κ3) is 3.57. The average Bonchev–Trinajstić information content (AvgIpc) is 2.47. The predicted molar refractivity (Wildman–Crippen MR) is 90.7 cm³/mol. The Morgan fingerprint density at radius 3 is 2.00 bits per heavy atom. The Labute approximate surface area is 128 Å². The van der Waals surface area contributed by atoms with Crippen LogP contribution in [0.4, 0.5) is 5.69 Å². The zero-order valence-electron chi connectivity index (χ0n) is 13.6. The van der Waals surface area contributed by atoms with Crippen molar-refractivity contribution >= 4 is 11.4 Å². The molecule has 0 bridgehead atoms. The van der Waals surface area contributed by atoms with Crippen molar-refractivity contribution in [3.8, 4) is 0 Å². The van der Waals surface area contributed by atoms with Crippen LogP contribution in [0.5, 0.6) is 0 Å². The molecule has 0 atom stereocenters. The van der Waals surface area contributed by atoms with Gasteiger partial charge >= 0.3 is 0 Å². The van der Waals surface area contributed by atoms with E-state index < -0.39 is 0 Å². The molecule has 21 heavy (non-hydrogen) atoms. The Hall–Kier alpha value is -1.96. The largest absolute Gasteiger partial charge is 0.255 e. The SMILES string of the molecule is C/C(=N\c1c(C(C)C)cccc1C(C)C)c1ccccn1. The first-order chi connectivity index (χ1) is 10.0. The Balaban J connectivity index is 2.56. The highest BCUT2D eigenvalue weighted by molar-refractivity contribution is 5.99. The summed E-state index contributed by atoms with van der Waals surface area (Å²) in [7, 11) is 0. The van der Waals surface area contributed by atoms with Crippen LogP contribution in [0.25, 0.3) is 0 Å². The zero-order valence-corrected chi connectivity index (χ0v) is 13.6. The second-order valence-electron chi connectivity index (χ2n) is 6.01. The Morgan fingerprint density at radius 2 is 1.52 bits per heavy atom. The van der Waals surface area contributed by atoms with E-state index in [-0.39, 0.29) is 0 Å². The van der Waals surface area contributed by atoms with Gasteiger partial charge in [0.2, 0.25) is 0 Å². The molecule has 0 aliphatic heterocycles. The molecule has 0 aliphatic carbocycles. The number of hydrogen-bond donors (Lipinski definition) is 0. The maximum atomic E-state index is 4.93. The summed E-state index contributed by atoms with van der Waals surface area (Å²) in [5, 5.41) is 0. The van der Waals surface area contributed by atoms with E-state index in [1.165, 1.54) is 11.1 Å². The van der Waals surface area contributed by atoms with Crippen molar-refractivity contribution in [3.05, 3.63) is 59.4 Å². The topological polar surface area (TPSA) is 25.2 Å². The highest BCUT2D eigenvalue weighted by Crippen LogP contribution is 2.35. The first-order valence-electron chi connectivity index (χ1n) is 7.60. The lowest BCUT2D eigenvalue weighted by Gasteiger charge is -2.17. The second kappa shape index (κ2) is 6.66. The molecule has 0 N–H and O–H groups in total. The van der Waals surface area contributed by atoms with Crippen LogP contribution in [0, 0.1) is 0 Å². The molecule has 1 aromatic carbocycles. The van der Waals surface area contributed by atoms with Gasteiger partial charge in [-0.05, 0) is 42.0 Å². The summed E-state index contributed by atoms with van der Waals surface area (Å²) >= 11 is 0. The lowest BCUT2D eigenvalue weighted by Crippen LogP contribution is -2.00. The van der Waals surface area contributed by atoms with Crippen molar-refractivity contribution < 1.29 is 0 Å². The molecule has 0 saturated heterocycles. The molecule has 110 valence electrons. The molecule has 0 radical (unpaired) electrons. The molecule has 0 fully saturated rings. The van der Waals surface area contributed by atoms with E-state index in [1.54, 1.807) is 0 Å². The van der Waals surface area contributed by atoms with E-state index >= 15 is 0 Å². The highest BCUT2D eigenvalue weighted by Gasteiger charge is 2.13. The molecule has 2 aromatic rings. The van der Waals surface area contributed by atoms with Gasteiger partial charge in [0.05, 0.1) is 17.1 Å². The van der Waals surface area contributed by atoms with E-state index in [9.17, 15) is 0 Å². The molecule has 2 nitrogen and oxygen atoms in total. The number of rotatable bonds is 4. The number of benzene rings is 1. The van der Waals surface area contributed by atoms with Crippen LogP contribution in [-0.4, -0.2) is 10.7 Å². The minimum Gasteiger partial charge on any atom is -0.255 e. The molecule has 0 amide bonds. The summed E-state index contributed by atoms with van der Waals surface area (Å²) in [4.78, 5) is 9.32. The standard InChI is InChI=1S/C19H24N2/c1-13(2)16-9-8-10-17(14(3)4)19(16)21-15(5)18-11-6-7-12-20-18/h6-14H,1-5H3/b21-15+. The number of nitrogens with zero attached hydrogens (tertiary/aromatic N) is 2. The van der Waals surface area contributed by atoms with Crippen LogP contribution in [0.1, 0.15) is 63.3 Å². The third-order valence-corrected chi connectivity index (χ3v) is 3.66. The summed E-state index contributed by atoms with van der Waals surface area (Å²) in [6, 6.07) is 12.4. The molecule has 1 heterocycles. The van der Waals surface area contributed by atoms with Gasteiger partial charge in [0.1, 0.15) is 0 Å². The molecule has 0 spiro atoms. The minimum atomic E-state index is 0.457. The van der Waals surface area contributed by atoms with Gasteiger partial charge in [-0.15, -0.1) is 0 Å². The summed E-state index contributed by atoms with van der Waals surface area (Å²) in [6.07, 6.45) is 1.81. The first-order valence-corrected chi connectivity index (χ1v) is 7.60. The summed E-state index contributed by atoms with van der Waals surface area (Å²) < 4.78 is 0. The van der Waals surface area contributed by atoms with E-state index in [2.05, 4.69) is 50.9 Å². The van der Waals surface area contributed by atoms with Gasteiger partial charge in [-0.25, -0.2) is 0 Å². The summed E-state index contributed by atoms with van der Waals surface area (Å²) in [5.41, 5.74) is 5.62. The highest BCUT2D eigenvalue weighted by atomic mass is 14.8. The maximum absolute atomic E-state index is 4.93. The van der Waals surface area contributed by atoms with Crippen LogP contribution >= 0.6 is 0 Å². The normalized spacial score (nSPS) is 12.2.